The highest BCUT2D eigenvalue weighted by molar-refractivity contribution is 7.89. The summed E-state index contributed by atoms with van der Waals surface area (Å²) in [6.07, 6.45) is 1.38. The van der Waals surface area contributed by atoms with Gasteiger partial charge in [-0.2, -0.15) is 4.31 Å². The van der Waals surface area contributed by atoms with Crippen molar-refractivity contribution in [1.82, 2.24) is 9.21 Å². The van der Waals surface area contributed by atoms with Gasteiger partial charge in [-0.25, -0.2) is 8.42 Å². The van der Waals surface area contributed by atoms with E-state index < -0.39 is 10.0 Å². The van der Waals surface area contributed by atoms with E-state index in [1.54, 1.807) is 16.4 Å². The van der Waals surface area contributed by atoms with E-state index in [0.29, 0.717) is 63.9 Å². The number of ether oxygens (including phenoxy) is 4. The molecule has 158 valence electrons. The zero-order chi connectivity index (χ0) is 20.0. The van der Waals surface area contributed by atoms with Crippen LogP contribution < -0.4 is 9.47 Å². The van der Waals surface area contributed by atoms with Crippen LogP contribution in [0.5, 0.6) is 11.5 Å². The molecule has 1 aromatic carbocycles. The third-order valence-electron chi connectivity index (χ3n) is 5.30. The Bertz CT molecular complexity index is 730. The Labute approximate surface area is 167 Å². The fourth-order valence-corrected chi connectivity index (χ4v) is 5.50. The van der Waals surface area contributed by atoms with Crippen LogP contribution in [0, 0.1) is 0 Å². The van der Waals surface area contributed by atoms with Gasteiger partial charge in [-0.05, 0) is 25.0 Å². The molecule has 2 heterocycles. The van der Waals surface area contributed by atoms with E-state index in [9.17, 15) is 8.42 Å². The van der Waals surface area contributed by atoms with Crippen LogP contribution in [-0.4, -0.2) is 90.5 Å². The van der Waals surface area contributed by atoms with E-state index >= 15 is 0 Å². The molecule has 0 bridgehead atoms. The van der Waals surface area contributed by atoms with Crippen LogP contribution in [0.1, 0.15) is 12.8 Å². The molecule has 2 aliphatic rings. The lowest BCUT2D eigenvalue weighted by atomic mass is 10.1. The summed E-state index contributed by atoms with van der Waals surface area (Å²) in [5.41, 5.74) is 0. The minimum absolute atomic E-state index is 0.0873. The van der Waals surface area contributed by atoms with Gasteiger partial charge in [-0.1, -0.05) is 0 Å². The van der Waals surface area contributed by atoms with E-state index in [1.807, 2.05) is 0 Å². The van der Waals surface area contributed by atoms with E-state index in [2.05, 4.69) is 4.90 Å². The Morgan fingerprint density at radius 2 is 1.75 bits per heavy atom. The van der Waals surface area contributed by atoms with Gasteiger partial charge in [0.25, 0.3) is 0 Å². The second-order valence-electron chi connectivity index (χ2n) is 6.93. The van der Waals surface area contributed by atoms with Gasteiger partial charge in [0.1, 0.15) is 16.4 Å². The first-order valence-electron chi connectivity index (χ1n) is 9.68. The highest BCUT2D eigenvalue weighted by Gasteiger charge is 2.35. The fourth-order valence-electron chi connectivity index (χ4n) is 3.65. The molecule has 0 aliphatic carbocycles. The van der Waals surface area contributed by atoms with E-state index in [0.717, 1.165) is 13.1 Å². The van der Waals surface area contributed by atoms with Gasteiger partial charge in [0.05, 0.1) is 27.4 Å². The monoisotopic (exact) mass is 414 g/mol. The smallest absolute Gasteiger partial charge is 0.247 e. The molecule has 8 nitrogen and oxygen atoms in total. The predicted octanol–water partition coefficient (Wildman–Crippen LogP) is 1.21. The van der Waals surface area contributed by atoms with Crippen LogP contribution in [0.3, 0.4) is 0 Å². The Balaban J connectivity index is 1.88. The number of nitrogens with zero attached hydrogens (tertiary/aromatic N) is 2. The Kier molecular flexibility index (Phi) is 7.53. The summed E-state index contributed by atoms with van der Waals surface area (Å²) < 4.78 is 50.4. The van der Waals surface area contributed by atoms with Crippen LogP contribution in [0.15, 0.2) is 23.1 Å². The van der Waals surface area contributed by atoms with Crippen molar-refractivity contribution in [3.63, 3.8) is 0 Å². The Hall–Kier alpha value is -1.39. The van der Waals surface area contributed by atoms with E-state index in [-0.39, 0.29) is 10.9 Å². The third-order valence-corrected chi connectivity index (χ3v) is 7.27. The van der Waals surface area contributed by atoms with Gasteiger partial charge in [0.15, 0.2) is 0 Å². The van der Waals surface area contributed by atoms with Gasteiger partial charge < -0.3 is 18.9 Å². The van der Waals surface area contributed by atoms with Crippen LogP contribution in [-0.2, 0) is 19.5 Å². The molecule has 1 aromatic rings. The predicted molar refractivity (Wildman–Crippen MR) is 105 cm³/mol. The molecule has 0 spiro atoms. The molecule has 2 saturated heterocycles. The van der Waals surface area contributed by atoms with Gasteiger partial charge in [-0.3, -0.25) is 4.90 Å². The number of methoxy groups -OCH3 is 2. The maximum absolute atomic E-state index is 13.7. The topological polar surface area (TPSA) is 77.5 Å². The zero-order valence-corrected chi connectivity index (χ0v) is 17.4. The summed E-state index contributed by atoms with van der Waals surface area (Å²) in [5.74, 6) is 0.809. The van der Waals surface area contributed by atoms with Crippen LogP contribution in [0.25, 0.3) is 0 Å². The van der Waals surface area contributed by atoms with Crippen LogP contribution in [0.4, 0.5) is 0 Å². The van der Waals surface area contributed by atoms with Gasteiger partial charge in [-0.15, -0.1) is 0 Å². The van der Waals surface area contributed by atoms with Crippen molar-refractivity contribution in [2.75, 3.05) is 66.8 Å². The van der Waals surface area contributed by atoms with Crippen molar-refractivity contribution in [3.8, 4) is 11.5 Å². The molecule has 0 saturated carbocycles. The van der Waals surface area contributed by atoms with Crippen molar-refractivity contribution in [2.45, 2.75) is 23.8 Å². The summed E-state index contributed by atoms with van der Waals surface area (Å²) in [7, 11) is -0.762. The van der Waals surface area contributed by atoms with Gasteiger partial charge in [0.2, 0.25) is 10.0 Å². The third kappa shape index (κ3) is 4.96. The fraction of sp³-hybridized carbons (Fsp3) is 0.684. The molecule has 0 N–H and O–H groups in total. The first-order valence-corrected chi connectivity index (χ1v) is 11.1. The molecule has 0 amide bonds. The molecule has 2 aliphatic heterocycles. The minimum atomic E-state index is -3.76. The first-order chi connectivity index (χ1) is 13.6. The molecule has 0 atom stereocenters. The largest absolute Gasteiger partial charge is 0.497 e. The SMILES string of the molecule is COc1ccc(OC)c(S(=O)(=O)N(CCN2CCOCC2)C2CCOCC2)c1. The molecule has 0 radical (unpaired) electrons. The maximum Gasteiger partial charge on any atom is 0.247 e. The lowest BCUT2D eigenvalue weighted by Crippen LogP contribution is -2.48. The minimum Gasteiger partial charge on any atom is -0.497 e. The van der Waals surface area contributed by atoms with Crippen molar-refractivity contribution in [2.24, 2.45) is 0 Å². The molecule has 3 rings (SSSR count). The maximum atomic E-state index is 13.7. The Morgan fingerprint density at radius 3 is 2.39 bits per heavy atom. The van der Waals surface area contributed by atoms with Crippen LogP contribution >= 0.6 is 0 Å². The second-order valence-corrected chi connectivity index (χ2v) is 8.79. The van der Waals surface area contributed by atoms with Crippen molar-refractivity contribution in [3.05, 3.63) is 18.2 Å². The quantitative estimate of drug-likeness (QED) is 0.633. The summed E-state index contributed by atoms with van der Waals surface area (Å²) in [6, 6.07) is 4.78. The molecular weight excluding hydrogens is 384 g/mol. The van der Waals surface area contributed by atoms with E-state index in [1.165, 1.54) is 20.3 Å². The average Bonchev–Trinajstić information content (AvgIpc) is 2.74. The van der Waals surface area contributed by atoms with Crippen molar-refractivity contribution >= 4 is 10.0 Å². The lowest BCUT2D eigenvalue weighted by Gasteiger charge is -2.35. The summed E-state index contributed by atoms with van der Waals surface area (Å²) in [5, 5.41) is 0. The first kappa shape index (κ1) is 21.3. The number of rotatable bonds is 8. The summed E-state index contributed by atoms with van der Waals surface area (Å²) >= 11 is 0. The van der Waals surface area contributed by atoms with Crippen LogP contribution in [0.2, 0.25) is 0 Å². The summed E-state index contributed by atoms with van der Waals surface area (Å²) in [4.78, 5) is 2.39. The standard InChI is InChI=1S/C19H30N2O6S/c1-24-17-3-4-18(25-2)19(15-17)28(22,23)21(16-5-11-26-12-6-16)8-7-20-9-13-27-14-10-20/h3-4,15-16H,5-14H2,1-2H3. The number of hydrogen-bond acceptors (Lipinski definition) is 7. The van der Waals surface area contributed by atoms with Gasteiger partial charge in [0, 0.05) is 51.5 Å². The Morgan fingerprint density at radius 1 is 1.07 bits per heavy atom. The summed E-state index contributed by atoms with van der Waals surface area (Å²) in [6.45, 7) is 5.27. The molecule has 9 heteroatoms. The molecule has 28 heavy (non-hydrogen) atoms. The van der Waals surface area contributed by atoms with Gasteiger partial charge >= 0.3 is 0 Å². The molecule has 0 unspecified atom stereocenters. The number of benzene rings is 1. The molecular formula is C19H30N2O6S. The highest BCUT2D eigenvalue weighted by Crippen LogP contribution is 2.32. The number of hydrogen-bond donors (Lipinski definition) is 0. The second kappa shape index (κ2) is 9.89. The normalized spacial score (nSPS) is 19.7. The number of morpholine rings is 1. The lowest BCUT2D eigenvalue weighted by molar-refractivity contribution is 0.0291. The molecule has 2 fully saturated rings. The highest BCUT2D eigenvalue weighted by atomic mass is 32.2. The van der Waals surface area contributed by atoms with E-state index in [4.69, 9.17) is 18.9 Å². The van der Waals surface area contributed by atoms with Crippen molar-refractivity contribution in [1.29, 1.82) is 0 Å². The van der Waals surface area contributed by atoms with Crippen molar-refractivity contribution < 1.29 is 27.4 Å². The zero-order valence-electron chi connectivity index (χ0n) is 16.6. The number of sulfonamides is 1. The average molecular weight is 415 g/mol. The molecule has 0 aromatic heterocycles.